The molecule has 2 rings (SSSR count). The maximum Gasteiger partial charge on any atom is 0.225 e. The van der Waals surface area contributed by atoms with Crippen LogP contribution in [0.5, 0.6) is 0 Å². The van der Waals surface area contributed by atoms with Crippen LogP contribution in [0.1, 0.15) is 38.3 Å². The summed E-state index contributed by atoms with van der Waals surface area (Å²) < 4.78 is 10.9. The van der Waals surface area contributed by atoms with Crippen molar-refractivity contribution >= 4 is 35.8 Å². The molecule has 1 amide bonds. The van der Waals surface area contributed by atoms with Crippen molar-refractivity contribution < 1.29 is 14.3 Å². The van der Waals surface area contributed by atoms with Gasteiger partial charge in [-0.15, -0.1) is 24.0 Å². The molecule has 1 aromatic carbocycles. The van der Waals surface area contributed by atoms with Crippen LogP contribution in [-0.4, -0.2) is 62.8 Å². The first-order valence-electron chi connectivity index (χ1n) is 10.5. The molecule has 1 aliphatic rings. The summed E-state index contributed by atoms with van der Waals surface area (Å²) in [5.74, 6) is 1.02. The number of benzene rings is 1. The van der Waals surface area contributed by atoms with Crippen molar-refractivity contribution in [2.75, 3.05) is 40.0 Å². The number of likely N-dealkylation sites (tertiary alicyclic amines) is 1. The van der Waals surface area contributed by atoms with Crippen molar-refractivity contribution in [2.45, 2.75) is 46.4 Å². The van der Waals surface area contributed by atoms with E-state index in [0.717, 1.165) is 31.0 Å². The number of nitrogens with zero attached hydrogens (tertiary/aromatic N) is 2. The van der Waals surface area contributed by atoms with Gasteiger partial charge in [-0.05, 0) is 24.5 Å². The molecule has 1 aromatic rings. The first kappa shape index (κ1) is 26.6. The maximum atomic E-state index is 12.2. The molecule has 0 spiro atoms. The Labute approximate surface area is 198 Å². The highest BCUT2D eigenvalue weighted by Gasteiger charge is 2.27. The lowest BCUT2D eigenvalue weighted by molar-refractivity contribution is -0.133. The van der Waals surface area contributed by atoms with Crippen LogP contribution in [0, 0.1) is 5.92 Å². The van der Waals surface area contributed by atoms with Gasteiger partial charge < -0.3 is 25.0 Å². The van der Waals surface area contributed by atoms with Gasteiger partial charge in [-0.1, -0.05) is 38.1 Å². The molecule has 1 fully saturated rings. The largest absolute Gasteiger partial charge is 0.379 e. The summed E-state index contributed by atoms with van der Waals surface area (Å²) in [7, 11) is 1.77. The summed E-state index contributed by atoms with van der Waals surface area (Å²) in [5, 5.41) is 6.80. The van der Waals surface area contributed by atoms with E-state index in [-0.39, 0.29) is 41.8 Å². The predicted octanol–water partition coefficient (Wildman–Crippen LogP) is 2.78. The van der Waals surface area contributed by atoms with Crippen molar-refractivity contribution in [1.82, 2.24) is 15.5 Å². The Morgan fingerprint density at radius 2 is 2.00 bits per heavy atom. The van der Waals surface area contributed by atoms with Crippen LogP contribution in [0.15, 0.2) is 29.3 Å². The van der Waals surface area contributed by atoms with Gasteiger partial charge in [-0.3, -0.25) is 9.79 Å². The van der Waals surface area contributed by atoms with Crippen LogP contribution in [0.25, 0.3) is 0 Å². The average molecular weight is 532 g/mol. The lowest BCUT2D eigenvalue weighted by atomic mass is 10.1. The first-order chi connectivity index (χ1) is 14.0. The Morgan fingerprint density at radius 3 is 2.70 bits per heavy atom. The van der Waals surface area contributed by atoms with Crippen LogP contribution in [0.2, 0.25) is 0 Å². The monoisotopic (exact) mass is 532 g/mol. The molecule has 2 N–H and O–H groups in total. The molecule has 170 valence electrons. The van der Waals surface area contributed by atoms with E-state index in [9.17, 15) is 4.79 Å². The summed E-state index contributed by atoms with van der Waals surface area (Å²) in [6.07, 6.45) is 0.938. The fourth-order valence-electron chi connectivity index (χ4n) is 3.30. The van der Waals surface area contributed by atoms with Gasteiger partial charge in [-0.25, -0.2) is 0 Å². The molecule has 1 atom stereocenters. The summed E-state index contributed by atoms with van der Waals surface area (Å²) in [4.78, 5) is 18.4. The highest BCUT2D eigenvalue weighted by atomic mass is 127. The second-order valence-corrected chi connectivity index (χ2v) is 7.56. The third kappa shape index (κ3) is 9.18. The van der Waals surface area contributed by atoms with Gasteiger partial charge >= 0.3 is 0 Å². The lowest BCUT2D eigenvalue weighted by Gasteiger charge is -2.20. The van der Waals surface area contributed by atoms with Crippen LogP contribution in [0.3, 0.4) is 0 Å². The number of halogens is 1. The number of hydrogen-bond donors (Lipinski definition) is 2. The molecule has 0 radical (unpaired) electrons. The Bertz CT molecular complexity index is 670. The van der Waals surface area contributed by atoms with Crippen LogP contribution in [-0.2, 0) is 27.4 Å². The quantitative estimate of drug-likeness (QED) is 0.210. The average Bonchev–Trinajstić information content (AvgIpc) is 3.19. The van der Waals surface area contributed by atoms with E-state index in [1.54, 1.807) is 7.05 Å². The number of aliphatic imine (C=N–C) groups is 1. The van der Waals surface area contributed by atoms with E-state index in [2.05, 4.69) is 33.8 Å². The van der Waals surface area contributed by atoms with E-state index >= 15 is 0 Å². The van der Waals surface area contributed by atoms with Crippen molar-refractivity contribution in [2.24, 2.45) is 10.9 Å². The number of carbonyl (C=O) groups is 1. The zero-order valence-electron chi connectivity index (χ0n) is 18.6. The first-order valence-corrected chi connectivity index (χ1v) is 10.5. The third-order valence-corrected chi connectivity index (χ3v) is 4.85. The Hall–Kier alpha value is -1.39. The number of rotatable bonds is 10. The highest BCUT2D eigenvalue weighted by Crippen LogP contribution is 2.13. The molecule has 0 saturated carbocycles. The number of amides is 1. The summed E-state index contributed by atoms with van der Waals surface area (Å²) in [6.45, 7) is 10.6. The SMILES string of the molecule is CCOCCOCc1cccc(CNC(=NC)NC2CCN(C(=O)C(C)C)C2)c1.I. The molecule has 8 heteroatoms. The van der Waals surface area contributed by atoms with E-state index in [1.807, 2.05) is 31.7 Å². The molecule has 0 aromatic heterocycles. The second kappa shape index (κ2) is 14.6. The van der Waals surface area contributed by atoms with Crippen LogP contribution in [0.4, 0.5) is 0 Å². The minimum Gasteiger partial charge on any atom is -0.379 e. The Kier molecular flexibility index (Phi) is 13.0. The summed E-state index contributed by atoms with van der Waals surface area (Å²) in [6, 6.07) is 8.56. The number of hydrogen-bond acceptors (Lipinski definition) is 4. The Morgan fingerprint density at radius 1 is 1.27 bits per heavy atom. The standard InChI is InChI=1S/C22H36N4O3.HI/c1-5-28-11-12-29-16-19-8-6-7-18(13-19)14-24-22(23-4)25-20-9-10-26(15-20)21(27)17(2)3;/h6-8,13,17,20H,5,9-12,14-16H2,1-4H3,(H2,23,24,25);1H. The van der Waals surface area contributed by atoms with E-state index in [0.29, 0.717) is 33.0 Å². The van der Waals surface area contributed by atoms with Crippen LogP contribution >= 0.6 is 24.0 Å². The zero-order valence-corrected chi connectivity index (χ0v) is 21.0. The van der Waals surface area contributed by atoms with Gasteiger partial charge in [0.2, 0.25) is 5.91 Å². The van der Waals surface area contributed by atoms with Crippen LogP contribution < -0.4 is 10.6 Å². The smallest absolute Gasteiger partial charge is 0.225 e. The topological polar surface area (TPSA) is 75.2 Å². The fourth-order valence-corrected chi connectivity index (χ4v) is 3.30. The van der Waals surface area contributed by atoms with Gasteiger partial charge in [0.25, 0.3) is 0 Å². The summed E-state index contributed by atoms with van der Waals surface area (Å²) >= 11 is 0. The number of carbonyl (C=O) groups excluding carboxylic acids is 1. The van der Waals surface area contributed by atoms with Gasteiger partial charge in [0.1, 0.15) is 0 Å². The maximum absolute atomic E-state index is 12.2. The Balaban J connectivity index is 0.00000450. The summed E-state index contributed by atoms with van der Waals surface area (Å²) in [5.41, 5.74) is 2.31. The molecule has 0 bridgehead atoms. The normalized spacial score (nSPS) is 16.5. The van der Waals surface area contributed by atoms with Crippen molar-refractivity contribution in [3.8, 4) is 0 Å². The van der Waals surface area contributed by atoms with Gasteiger partial charge in [0.05, 0.1) is 19.8 Å². The second-order valence-electron chi connectivity index (χ2n) is 7.56. The highest BCUT2D eigenvalue weighted by molar-refractivity contribution is 14.0. The predicted molar refractivity (Wildman–Crippen MR) is 131 cm³/mol. The molecular weight excluding hydrogens is 495 g/mol. The molecule has 1 unspecified atom stereocenters. The number of ether oxygens (including phenoxy) is 2. The molecule has 7 nitrogen and oxygen atoms in total. The zero-order chi connectivity index (χ0) is 21.1. The van der Waals surface area contributed by atoms with E-state index in [1.165, 1.54) is 5.56 Å². The van der Waals surface area contributed by atoms with Crippen molar-refractivity contribution in [3.05, 3.63) is 35.4 Å². The lowest BCUT2D eigenvalue weighted by Crippen LogP contribution is -2.45. The van der Waals surface area contributed by atoms with Gasteiger partial charge in [0, 0.05) is 45.2 Å². The fraction of sp³-hybridized carbons (Fsp3) is 0.636. The minimum absolute atomic E-state index is 0. The van der Waals surface area contributed by atoms with Crippen molar-refractivity contribution in [3.63, 3.8) is 0 Å². The molecular formula is C22H37IN4O3. The molecule has 30 heavy (non-hydrogen) atoms. The molecule has 1 heterocycles. The number of guanidine groups is 1. The van der Waals surface area contributed by atoms with Crippen molar-refractivity contribution in [1.29, 1.82) is 0 Å². The van der Waals surface area contributed by atoms with E-state index < -0.39 is 0 Å². The number of nitrogens with one attached hydrogen (secondary N) is 2. The third-order valence-electron chi connectivity index (χ3n) is 4.85. The van der Waals surface area contributed by atoms with E-state index in [4.69, 9.17) is 9.47 Å². The molecule has 1 aliphatic heterocycles. The van der Waals surface area contributed by atoms with Gasteiger partial charge in [0.15, 0.2) is 5.96 Å². The minimum atomic E-state index is 0. The van der Waals surface area contributed by atoms with Gasteiger partial charge in [-0.2, -0.15) is 0 Å². The molecule has 1 saturated heterocycles. The molecule has 0 aliphatic carbocycles.